The Hall–Kier alpha value is -0.650. The van der Waals surface area contributed by atoms with Gasteiger partial charge >= 0.3 is 0 Å². The molecule has 3 atom stereocenters. The topological polar surface area (TPSA) is 36.0 Å². The first-order valence-electron chi connectivity index (χ1n) is 9.93. The van der Waals surface area contributed by atoms with Crippen LogP contribution in [0.1, 0.15) is 46.5 Å². The average molecular weight is 338 g/mol. The molecule has 3 heterocycles. The van der Waals surface area contributed by atoms with Crippen molar-refractivity contribution in [2.24, 2.45) is 5.92 Å². The fraction of sp³-hybridized carbons (Fsp3) is 0.947. The van der Waals surface area contributed by atoms with E-state index in [0.29, 0.717) is 18.1 Å². The molecule has 1 amide bonds. The van der Waals surface area contributed by atoms with Gasteiger partial charge in [-0.1, -0.05) is 0 Å². The predicted molar refractivity (Wildman–Crippen MR) is 96.0 cm³/mol. The van der Waals surface area contributed by atoms with Crippen LogP contribution in [-0.2, 0) is 9.53 Å². The van der Waals surface area contributed by atoms with Gasteiger partial charge in [0, 0.05) is 32.7 Å². The maximum Gasteiger partial charge on any atom is 0.239 e. The molecule has 3 aliphatic rings. The molecule has 0 aromatic heterocycles. The maximum atomic E-state index is 12.6. The summed E-state index contributed by atoms with van der Waals surface area (Å²) in [6.45, 7) is 13.9. The summed E-state index contributed by atoms with van der Waals surface area (Å²) < 4.78 is 5.84. The van der Waals surface area contributed by atoms with Crippen LogP contribution in [0.2, 0.25) is 0 Å². The minimum Gasteiger partial charge on any atom is -0.373 e. The van der Waals surface area contributed by atoms with Gasteiger partial charge in [0.2, 0.25) is 5.91 Å². The Bertz CT molecular complexity index is 407. The standard InChI is InChI=1S/C19H35N3O2/c1-15-12-20(13-16(2)24-15)14-18-6-10-21(11-7-18)17(3)19(23)22-8-4-5-9-22/h15-18H,4-14H2,1-3H3/t15-,16-,17-/m1/s1. The number of piperidine rings is 1. The Morgan fingerprint density at radius 1 is 1.04 bits per heavy atom. The second-order valence-corrected chi connectivity index (χ2v) is 8.16. The average Bonchev–Trinajstić information content (AvgIpc) is 3.07. The van der Waals surface area contributed by atoms with Crippen molar-refractivity contribution in [1.29, 1.82) is 0 Å². The largest absolute Gasteiger partial charge is 0.373 e. The SMILES string of the molecule is C[C@@H]1CN(CC2CCN([C@H](C)C(=O)N3CCCC3)CC2)C[C@@H](C)O1. The first-order chi connectivity index (χ1) is 11.5. The number of carbonyl (C=O) groups is 1. The lowest BCUT2D eigenvalue weighted by Crippen LogP contribution is -2.51. The van der Waals surface area contributed by atoms with Gasteiger partial charge in [0.05, 0.1) is 18.2 Å². The van der Waals surface area contributed by atoms with Crippen LogP contribution >= 0.6 is 0 Å². The summed E-state index contributed by atoms with van der Waals surface area (Å²) in [6, 6.07) is 0.0625. The van der Waals surface area contributed by atoms with Crippen molar-refractivity contribution in [2.75, 3.05) is 45.8 Å². The number of rotatable bonds is 4. The van der Waals surface area contributed by atoms with Gasteiger partial charge < -0.3 is 9.64 Å². The molecule has 0 N–H and O–H groups in total. The fourth-order valence-electron chi connectivity index (χ4n) is 4.68. The predicted octanol–water partition coefficient (Wildman–Crippen LogP) is 1.82. The molecule has 0 radical (unpaired) electrons. The van der Waals surface area contributed by atoms with Crippen LogP contribution in [0.3, 0.4) is 0 Å². The molecule has 0 aromatic carbocycles. The van der Waals surface area contributed by atoms with Gasteiger partial charge in [-0.25, -0.2) is 0 Å². The summed E-state index contributed by atoms with van der Waals surface area (Å²) in [7, 11) is 0. The van der Waals surface area contributed by atoms with Crippen LogP contribution in [0, 0.1) is 5.92 Å². The van der Waals surface area contributed by atoms with Gasteiger partial charge in [0.1, 0.15) is 0 Å². The van der Waals surface area contributed by atoms with Gasteiger partial charge in [-0.05, 0) is 65.5 Å². The number of hydrogen-bond donors (Lipinski definition) is 0. The molecular formula is C19H35N3O2. The lowest BCUT2D eigenvalue weighted by Gasteiger charge is -2.40. The molecule has 3 rings (SSSR count). The third-order valence-electron chi connectivity index (χ3n) is 5.98. The minimum absolute atomic E-state index is 0.0625. The van der Waals surface area contributed by atoms with E-state index in [2.05, 4.69) is 35.5 Å². The van der Waals surface area contributed by atoms with Crippen molar-refractivity contribution in [2.45, 2.75) is 64.7 Å². The van der Waals surface area contributed by atoms with Gasteiger partial charge in [-0.3, -0.25) is 14.6 Å². The van der Waals surface area contributed by atoms with Gasteiger partial charge in [-0.2, -0.15) is 0 Å². The zero-order chi connectivity index (χ0) is 17.1. The molecule has 0 saturated carbocycles. The van der Waals surface area contributed by atoms with Crippen LogP contribution in [-0.4, -0.2) is 84.7 Å². The highest BCUT2D eigenvalue weighted by molar-refractivity contribution is 5.81. The summed E-state index contributed by atoms with van der Waals surface area (Å²) in [6.07, 6.45) is 5.50. The Balaban J connectivity index is 1.42. The molecule has 5 nitrogen and oxygen atoms in total. The lowest BCUT2D eigenvalue weighted by molar-refractivity contribution is -0.136. The zero-order valence-electron chi connectivity index (χ0n) is 15.7. The second-order valence-electron chi connectivity index (χ2n) is 8.16. The van der Waals surface area contributed by atoms with E-state index in [9.17, 15) is 4.79 Å². The van der Waals surface area contributed by atoms with Crippen molar-refractivity contribution in [3.8, 4) is 0 Å². The summed E-state index contributed by atoms with van der Waals surface area (Å²) in [5, 5.41) is 0. The number of likely N-dealkylation sites (tertiary alicyclic amines) is 2. The monoisotopic (exact) mass is 337 g/mol. The summed E-state index contributed by atoms with van der Waals surface area (Å²) in [5.41, 5.74) is 0. The summed E-state index contributed by atoms with van der Waals surface area (Å²) >= 11 is 0. The zero-order valence-corrected chi connectivity index (χ0v) is 15.7. The van der Waals surface area contributed by atoms with E-state index in [1.807, 2.05) is 0 Å². The van der Waals surface area contributed by atoms with Crippen LogP contribution in [0.4, 0.5) is 0 Å². The quantitative estimate of drug-likeness (QED) is 0.784. The van der Waals surface area contributed by atoms with Crippen molar-refractivity contribution in [3.63, 3.8) is 0 Å². The van der Waals surface area contributed by atoms with E-state index in [1.54, 1.807) is 0 Å². The fourth-order valence-corrected chi connectivity index (χ4v) is 4.68. The minimum atomic E-state index is 0.0625. The first-order valence-corrected chi connectivity index (χ1v) is 9.93. The number of morpholine rings is 1. The molecule has 3 saturated heterocycles. The van der Waals surface area contributed by atoms with Crippen molar-refractivity contribution in [3.05, 3.63) is 0 Å². The molecule has 0 unspecified atom stereocenters. The highest BCUT2D eigenvalue weighted by Gasteiger charge is 2.31. The molecule has 3 fully saturated rings. The van der Waals surface area contributed by atoms with E-state index < -0.39 is 0 Å². The summed E-state index contributed by atoms with van der Waals surface area (Å²) in [5.74, 6) is 1.12. The molecule has 5 heteroatoms. The highest BCUT2D eigenvalue weighted by atomic mass is 16.5. The molecule has 138 valence electrons. The maximum absolute atomic E-state index is 12.6. The molecule has 24 heavy (non-hydrogen) atoms. The van der Waals surface area contributed by atoms with Crippen LogP contribution in [0.25, 0.3) is 0 Å². The Labute approximate surface area is 147 Å². The first kappa shape index (κ1) is 18.2. The molecule has 0 aromatic rings. The van der Waals surface area contributed by atoms with Crippen LogP contribution in [0.15, 0.2) is 0 Å². The normalized spacial score (nSPS) is 32.2. The third kappa shape index (κ3) is 4.50. The van der Waals surface area contributed by atoms with E-state index >= 15 is 0 Å². The van der Waals surface area contributed by atoms with Crippen molar-refractivity contribution >= 4 is 5.91 Å². The molecular weight excluding hydrogens is 302 g/mol. The van der Waals surface area contributed by atoms with Gasteiger partial charge in [0.15, 0.2) is 0 Å². The Kier molecular flexibility index (Phi) is 6.17. The molecule has 0 bridgehead atoms. The van der Waals surface area contributed by atoms with E-state index in [-0.39, 0.29) is 6.04 Å². The number of carbonyl (C=O) groups excluding carboxylic acids is 1. The number of ether oxygens (including phenoxy) is 1. The summed E-state index contributed by atoms with van der Waals surface area (Å²) in [4.78, 5) is 19.6. The van der Waals surface area contributed by atoms with E-state index in [1.165, 1.54) is 32.2 Å². The third-order valence-corrected chi connectivity index (χ3v) is 5.98. The lowest BCUT2D eigenvalue weighted by atomic mass is 9.94. The Morgan fingerprint density at radius 2 is 1.62 bits per heavy atom. The van der Waals surface area contributed by atoms with Gasteiger partial charge in [-0.15, -0.1) is 0 Å². The number of nitrogens with zero attached hydrogens (tertiary/aromatic N) is 3. The van der Waals surface area contributed by atoms with Crippen molar-refractivity contribution in [1.82, 2.24) is 14.7 Å². The van der Waals surface area contributed by atoms with E-state index in [0.717, 1.165) is 45.2 Å². The number of hydrogen-bond acceptors (Lipinski definition) is 4. The molecule has 0 aliphatic carbocycles. The van der Waals surface area contributed by atoms with Crippen molar-refractivity contribution < 1.29 is 9.53 Å². The number of amides is 1. The highest BCUT2D eigenvalue weighted by Crippen LogP contribution is 2.23. The van der Waals surface area contributed by atoms with E-state index in [4.69, 9.17) is 4.74 Å². The van der Waals surface area contributed by atoms with Crippen LogP contribution < -0.4 is 0 Å². The second kappa shape index (κ2) is 8.15. The molecule has 3 aliphatic heterocycles. The molecule has 0 spiro atoms. The Morgan fingerprint density at radius 3 is 2.21 bits per heavy atom. The van der Waals surface area contributed by atoms with Gasteiger partial charge in [0.25, 0.3) is 0 Å². The van der Waals surface area contributed by atoms with Crippen LogP contribution in [0.5, 0.6) is 0 Å². The smallest absolute Gasteiger partial charge is 0.239 e.